The van der Waals surface area contributed by atoms with Crippen molar-refractivity contribution in [3.8, 4) is 0 Å². The van der Waals surface area contributed by atoms with Gasteiger partial charge in [-0.05, 0) is 33.3 Å². The van der Waals surface area contributed by atoms with Crippen molar-refractivity contribution in [2.75, 3.05) is 22.8 Å². The van der Waals surface area contributed by atoms with Crippen LogP contribution < -0.4 is 3.71 Å². The van der Waals surface area contributed by atoms with Crippen LogP contribution in [0, 0.1) is 0 Å². The maximum atomic E-state index is 12.5. The van der Waals surface area contributed by atoms with Gasteiger partial charge in [0.2, 0.25) is 20.0 Å². The third kappa shape index (κ3) is 6.06. The highest BCUT2D eigenvalue weighted by molar-refractivity contribution is 8.09. The molecule has 0 bridgehead atoms. The normalized spacial score (nSPS) is 29.0. The Morgan fingerprint density at radius 2 is 1.59 bits per heavy atom. The molecule has 0 N–H and O–H groups in total. The number of aromatic nitrogens is 4. The number of imidazole rings is 1. The van der Waals surface area contributed by atoms with E-state index in [1.165, 1.54) is 6.33 Å². The summed E-state index contributed by atoms with van der Waals surface area (Å²) in [5.74, 6) is -2.03. The van der Waals surface area contributed by atoms with Crippen molar-refractivity contribution in [3.05, 3.63) is 48.5 Å². The second-order valence-corrected chi connectivity index (χ2v) is 16.0. The van der Waals surface area contributed by atoms with E-state index in [-0.39, 0.29) is 32.8 Å². The quantitative estimate of drug-likeness (QED) is 0.347. The van der Waals surface area contributed by atoms with Crippen LogP contribution in [0.2, 0.25) is 0 Å². The highest BCUT2D eigenvalue weighted by Gasteiger charge is 2.55. The van der Waals surface area contributed by atoms with Gasteiger partial charge in [-0.15, -0.1) is 3.71 Å². The molecule has 0 saturated carbocycles. The van der Waals surface area contributed by atoms with Gasteiger partial charge in [0.25, 0.3) is 0 Å². The number of hydrogen-bond acceptors (Lipinski definition) is 13. The molecular weight excluding hydrogens is 616 g/mol. The summed E-state index contributed by atoms with van der Waals surface area (Å²) in [6, 6.07) is 9.49. The average Bonchev–Trinajstić information content (AvgIpc) is 3.67. The lowest BCUT2D eigenvalue weighted by Crippen LogP contribution is -2.48. The molecule has 3 aliphatic heterocycles. The molecule has 0 unspecified atom stereocenters. The van der Waals surface area contributed by atoms with Crippen molar-refractivity contribution in [2.24, 2.45) is 0 Å². The molecule has 5 atom stereocenters. The van der Waals surface area contributed by atoms with E-state index in [1.54, 1.807) is 4.57 Å². The predicted octanol–water partition coefficient (Wildman–Crippen LogP) is 1.93. The summed E-state index contributed by atoms with van der Waals surface area (Å²) in [5.41, 5.74) is 1.20. The molecule has 0 amide bonds. The third-order valence-electron chi connectivity index (χ3n) is 7.62. The van der Waals surface area contributed by atoms with Gasteiger partial charge in [0, 0.05) is 13.0 Å². The van der Waals surface area contributed by atoms with Crippen LogP contribution in [0.4, 0.5) is 5.82 Å². The smallest absolute Gasteiger partial charge is 0.246 e. The van der Waals surface area contributed by atoms with E-state index in [0.717, 1.165) is 24.4 Å². The Balaban J connectivity index is 1.37. The Kier molecular flexibility index (Phi) is 7.76. The molecule has 17 heteroatoms. The molecular formula is C27H36N6O9S2. The van der Waals surface area contributed by atoms with Crippen molar-refractivity contribution >= 4 is 37.0 Å². The maximum Gasteiger partial charge on any atom is 0.246 e. The number of anilines is 1. The summed E-state index contributed by atoms with van der Waals surface area (Å²) in [6.07, 6.45) is 2.51. The van der Waals surface area contributed by atoms with Crippen LogP contribution in [0.5, 0.6) is 0 Å². The fraction of sp³-hybridized carbons (Fsp3) is 0.593. The lowest BCUT2D eigenvalue weighted by atomic mass is 9.98. The number of fused-ring (bicyclic) bond motifs is 1. The van der Waals surface area contributed by atoms with Crippen LogP contribution in [0.1, 0.15) is 45.9 Å². The Labute approximate surface area is 256 Å². The lowest BCUT2D eigenvalue weighted by Gasteiger charge is -2.31. The third-order valence-corrected chi connectivity index (χ3v) is 10.8. The van der Waals surface area contributed by atoms with E-state index in [0.29, 0.717) is 19.6 Å². The highest BCUT2D eigenvalue weighted by atomic mass is 32.3. The number of sulfonamides is 2. The summed E-state index contributed by atoms with van der Waals surface area (Å²) in [6.45, 7) is 8.18. The molecule has 240 valence electrons. The number of hydrogen-bond donors (Lipinski definition) is 0. The fourth-order valence-corrected chi connectivity index (χ4v) is 8.87. The summed E-state index contributed by atoms with van der Waals surface area (Å²) in [5, 5.41) is 1.84. The Morgan fingerprint density at radius 1 is 0.909 bits per heavy atom. The molecule has 15 nitrogen and oxygen atoms in total. The molecule has 3 saturated heterocycles. The minimum atomic E-state index is -4.26. The molecule has 3 fully saturated rings. The zero-order chi connectivity index (χ0) is 31.7. The lowest BCUT2D eigenvalue weighted by molar-refractivity contribution is -0.208. The second-order valence-electron chi connectivity index (χ2n) is 12.1. The van der Waals surface area contributed by atoms with Gasteiger partial charge >= 0.3 is 0 Å². The van der Waals surface area contributed by atoms with Crippen molar-refractivity contribution in [3.63, 3.8) is 0 Å². The summed E-state index contributed by atoms with van der Waals surface area (Å²) < 4.78 is 76.8. The minimum Gasteiger partial charge on any atom is -0.348 e. The number of rotatable bonds is 8. The van der Waals surface area contributed by atoms with E-state index >= 15 is 0 Å². The second kappa shape index (κ2) is 10.9. The number of nitrogens with zero attached hydrogens (tertiary/aromatic N) is 6. The van der Waals surface area contributed by atoms with Crippen molar-refractivity contribution < 1.29 is 40.6 Å². The maximum absolute atomic E-state index is 12.5. The number of benzene rings is 1. The van der Waals surface area contributed by atoms with Gasteiger partial charge in [0.15, 0.2) is 34.8 Å². The molecule has 5 heterocycles. The van der Waals surface area contributed by atoms with E-state index < -0.39 is 50.1 Å². The Morgan fingerprint density at radius 3 is 2.23 bits per heavy atom. The summed E-state index contributed by atoms with van der Waals surface area (Å²) >= 11 is 0. The molecule has 3 aromatic rings. The van der Waals surface area contributed by atoms with Crippen LogP contribution >= 0.6 is 0 Å². The summed E-state index contributed by atoms with van der Waals surface area (Å²) in [7, 11) is -8.52. The van der Waals surface area contributed by atoms with Gasteiger partial charge in [0.05, 0.1) is 31.5 Å². The van der Waals surface area contributed by atoms with Gasteiger partial charge in [-0.25, -0.2) is 31.8 Å². The van der Waals surface area contributed by atoms with Gasteiger partial charge in [-0.2, -0.15) is 5.06 Å². The van der Waals surface area contributed by atoms with Gasteiger partial charge in [-0.3, -0.25) is 9.40 Å². The standard InChI is InChI=1S/C27H36N6O9S2/c1-26(2)38-14-19(39-26)23-22(40-27(3,4)41-23)18-12-20(42-32(18)13-17-10-8-7-9-11-17)31-16-30-21-24(31)28-15-29-25(21)33(43(5,34)35)44(6,36)37/h7-11,15-16,18-20,22-23H,12-14H2,1-6H3/t18-,19+,20-,22-,23-/m0/s1. The van der Waals surface area contributed by atoms with Crippen molar-refractivity contribution in [1.82, 2.24) is 24.6 Å². The minimum absolute atomic E-state index is 0.0109. The molecule has 2 aromatic heterocycles. The van der Waals surface area contributed by atoms with E-state index in [9.17, 15) is 16.8 Å². The first kappa shape index (κ1) is 31.2. The molecule has 44 heavy (non-hydrogen) atoms. The SMILES string of the molecule is CC1(C)O[C@@H]([C@H]2COC(C)(C)O2)[C@H]([C@@H]2C[C@@H](n3cnc4c(N(S(C)(=O)=O)S(C)(=O)=O)ncnc43)ON2Cc2ccccc2)O1. The van der Waals surface area contributed by atoms with Crippen LogP contribution in [0.25, 0.3) is 11.2 Å². The molecule has 6 rings (SSSR count). The zero-order valence-electron chi connectivity index (χ0n) is 25.2. The largest absolute Gasteiger partial charge is 0.348 e. The first-order valence-corrected chi connectivity index (χ1v) is 17.7. The Hall–Kier alpha value is -2.77. The average molecular weight is 653 g/mol. The first-order chi connectivity index (χ1) is 20.5. The van der Waals surface area contributed by atoms with Crippen molar-refractivity contribution in [2.45, 2.75) is 82.8 Å². The van der Waals surface area contributed by atoms with Gasteiger partial charge < -0.3 is 18.9 Å². The van der Waals surface area contributed by atoms with E-state index in [4.69, 9.17) is 23.8 Å². The molecule has 0 radical (unpaired) electrons. The Bertz CT molecular complexity index is 1720. The van der Waals surface area contributed by atoms with Crippen LogP contribution in [0.15, 0.2) is 43.0 Å². The van der Waals surface area contributed by atoms with E-state index in [2.05, 4.69) is 15.0 Å². The summed E-state index contributed by atoms with van der Waals surface area (Å²) in [4.78, 5) is 19.2. The predicted molar refractivity (Wildman–Crippen MR) is 157 cm³/mol. The first-order valence-electron chi connectivity index (χ1n) is 14.1. The van der Waals surface area contributed by atoms with Gasteiger partial charge in [0.1, 0.15) is 24.6 Å². The van der Waals surface area contributed by atoms with Crippen LogP contribution in [-0.4, -0.2) is 96.5 Å². The highest BCUT2D eigenvalue weighted by Crippen LogP contribution is 2.43. The topological polar surface area (TPSA) is 165 Å². The number of hydroxylamine groups is 2. The van der Waals surface area contributed by atoms with E-state index in [1.807, 2.05) is 63.1 Å². The van der Waals surface area contributed by atoms with Crippen LogP contribution in [-0.2, 0) is 50.4 Å². The molecule has 0 spiro atoms. The van der Waals surface area contributed by atoms with Crippen LogP contribution in [0.3, 0.4) is 0 Å². The van der Waals surface area contributed by atoms with Crippen molar-refractivity contribution in [1.29, 1.82) is 0 Å². The molecule has 3 aliphatic rings. The van der Waals surface area contributed by atoms with Gasteiger partial charge in [-0.1, -0.05) is 30.3 Å². The fourth-order valence-electron chi connectivity index (χ4n) is 6.01. The molecule has 1 aromatic carbocycles. The molecule has 0 aliphatic carbocycles. The zero-order valence-corrected chi connectivity index (χ0v) is 26.9. The number of ether oxygens (including phenoxy) is 4. The monoisotopic (exact) mass is 652 g/mol.